The van der Waals surface area contributed by atoms with Crippen LogP contribution in [0.2, 0.25) is 10.0 Å². The minimum absolute atomic E-state index is 0.0574. The SMILES string of the molecule is Cc1nnsc1C(=O)NN=C1C2CCCC1C(c1ccc(Cl)cc1)NC2c1ccc(Cl)cc1. The largest absolute Gasteiger partial charge is 0.302 e. The molecule has 0 spiro atoms. The van der Waals surface area contributed by atoms with Crippen LogP contribution in [0.3, 0.4) is 0 Å². The Morgan fingerprint density at radius 1 is 1.00 bits per heavy atom. The van der Waals surface area contributed by atoms with Gasteiger partial charge in [0.15, 0.2) is 0 Å². The average Bonchev–Trinajstić information content (AvgIpc) is 3.25. The molecule has 170 valence electrons. The number of hydrazone groups is 1. The molecule has 2 aromatic carbocycles. The van der Waals surface area contributed by atoms with Gasteiger partial charge in [0, 0.05) is 39.7 Å². The maximum absolute atomic E-state index is 12.7. The summed E-state index contributed by atoms with van der Waals surface area (Å²) in [7, 11) is 0. The van der Waals surface area contributed by atoms with Crippen molar-refractivity contribution in [1.29, 1.82) is 0 Å². The third-order valence-corrected chi connectivity index (χ3v) is 7.89. The molecule has 1 aliphatic heterocycles. The van der Waals surface area contributed by atoms with Crippen molar-refractivity contribution in [2.75, 3.05) is 0 Å². The van der Waals surface area contributed by atoms with E-state index < -0.39 is 0 Å². The first-order valence-electron chi connectivity index (χ1n) is 10.9. The molecule has 2 N–H and O–H groups in total. The molecule has 1 aromatic heterocycles. The van der Waals surface area contributed by atoms with Gasteiger partial charge in [-0.25, -0.2) is 5.43 Å². The summed E-state index contributed by atoms with van der Waals surface area (Å²) in [5, 5.41) is 14.0. The van der Waals surface area contributed by atoms with Gasteiger partial charge in [-0.3, -0.25) is 4.79 Å². The monoisotopic (exact) mass is 499 g/mol. The Kier molecular flexibility index (Phi) is 6.47. The van der Waals surface area contributed by atoms with Crippen molar-refractivity contribution in [2.24, 2.45) is 16.9 Å². The van der Waals surface area contributed by atoms with Crippen molar-refractivity contribution in [3.8, 4) is 0 Å². The quantitative estimate of drug-likeness (QED) is 0.448. The number of benzene rings is 2. The van der Waals surface area contributed by atoms with Gasteiger partial charge in [-0.2, -0.15) is 5.10 Å². The van der Waals surface area contributed by atoms with Crippen LogP contribution in [0.5, 0.6) is 0 Å². The molecule has 33 heavy (non-hydrogen) atoms. The van der Waals surface area contributed by atoms with Crippen LogP contribution in [0, 0.1) is 18.8 Å². The molecule has 2 heterocycles. The van der Waals surface area contributed by atoms with Crippen LogP contribution in [0.4, 0.5) is 0 Å². The van der Waals surface area contributed by atoms with E-state index in [1.54, 1.807) is 6.92 Å². The lowest BCUT2D eigenvalue weighted by molar-refractivity contribution is 0.0956. The van der Waals surface area contributed by atoms with Gasteiger partial charge in [-0.05, 0) is 66.7 Å². The average molecular weight is 500 g/mol. The highest BCUT2D eigenvalue weighted by atomic mass is 35.5. The first kappa shape index (κ1) is 22.5. The Bertz CT molecular complexity index is 1120. The van der Waals surface area contributed by atoms with Crippen LogP contribution in [-0.2, 0) is 0 Å². The second-order valence-corrected chi connectivity index (χ2v) is 10.2. The number of aryl methyl sites for hydroxylation is 1. The number of nitrogens with zero attached hydrogens (tertiary/aromatic N) is 3. The lowest BCUT2D eigenvalue weighted by Gasteiger charge is -2.47. The molecule has 0 radical (unpaired) electrons. The zero-order valence-electron chi connectivity index (χ0n) is 18.0. The standard InChI is InChI=1S/C24H23Cl2N5OS/c1-13-23(33-31-28-13)24(32)30-29-22-18-3-2-4-19(22)21(15-7-11-17(26)12-8-15)27-20(18)14-5-9-16(25)10-6-14/h5-12,18-21,27H,2-4H2,1H3,(H,30,32). The van der Waals surface area contributed by atoms with Crippen LogP contribution in [0.25, 0.3) is 0 Å². The third kappa shape index (κ3) is 4.55. The summed E-state index contributed by atoms with van der Waals surface area (Å²) in [5.41, 5.74) is 6.75. The summed E-state index contributed by atoms with van der Waals surface area (Å²) < 4.78 is 3.86. The number of piperidine rings is 1. The molecule has 1 saturated carbocycles. The van der Waals surface area contributed by atoms with Crippen molar-refractivity contribution in [3.63, 3.8) is 0 Å². The number of aromatic nitrogens is 2. The molecule has 4 atom stereocenters. The van der Waals surface area contributed by atoms with Gasteiger partial charge in [0.2, 0.25) is 0 Å². The molecule has 1 saturated heterocycles. The summed E-state index contributed by atoms with van der Waals surface area (Å²) in [5.74, 6) is 0.0848. The number of fused-ring (bicyclic) bond motifs is 2. The van der Waals surface area contributed by atoms with Gasteiger partial charge in [0.05, 0.1) is 5.69 Å². The predicted molar refractivity (Wildman–Crippen MR) is 132 cm³/mol. The van der Waals surface area contributed by atoms with Crippen LogP contribution in [0.1, 0.15) is 57.8 Å². The molecule has 2 fully saturated rings. The lowest BCUT2D eigenvalue weighted by Crippen LogP contribution is -2.51. The van der Waals surface area contributed by atoms with Gasteiger partial charge in [0.1, 0.15) is 4.88 Å². The van der Waals surface area contributed by atoms with E-state index in [0.29, 0.717) is 20.6 Å². The Labute approximate surface area is 206 Å². The van der Waals surface area contributed by atoms with Crippen molar-refractivity contribution in [3.05, 3.63) is 80.3 Å². The number of amides is 1. The van der Waals surface area contributed by atoms with Crippen LogP contribution in [0.15, 0.2) is 53.6 Å². The first-order chi connectivity index (χ1) is 16.0. The number of halogens is 2. The molecule has 5 rings (SSSR count). The topological polar surface area (TPSA) is 79.3 Å². The lowest BCUT2D eigenvalue weighted by atomic mass is 9.67. The van der Waals surface area contributed by atoms with E-state index in [4.69, 9.17) is 28.3 Å². The summed E-state index contributed by atoms with van der Waals surface area (Å²) in [6, 6.07) is 16.1. The summed E-state index contributed by atoms with van der Waals surface area (Å²) in [6.45, 7) is 1.78. The zero-order chi connectivity index (χ0) is 22.9. The van der Waals surface area contributed by atoms with E-state index in [9.17, 15) is 4.79 Å². The van der Waals surface area contributed by atoms with E-state index in [1.807, 2.05) is 24.3 Å². The Balaban J connectivity index is 1.52. The number of rotatable bonds is 4. The second-order valence-electron chi connectivity index (χ2n) is 8.53. The summed E-state index contributed by atoms with van der Waals surface area (Å²) in [4.78, 5) is 13.2. The van der Waals surface area contributed by atoms with E-state index in [1.165, 1.54) is 0 Å². The van der Waals surface area contributed by atoms with Gasteiger partial charge in [-0.15, -0.1) is 5.10 Å². The fraction of sp³-hybridized carbons (Fsp3) is 0.333. The minimum Gasteiger partial charge on any atom is -0.302 e. The van der Waals surface area contributed by atoms with Crippen LogP contribution in [-0.4, -0.2) is 21.2 Å². The fourth-order valence-electron chi connectivity index (χ4n) is 5.00. The molecule has 9 heteroatoms. The molecular weight excluding hydrogens is 477 g/mol. The normalized spacial score (nSPS) is 24.4. The van der Waals surface area contributed by atoms with Crippen LogP contribution >= 0.6 is 34.7 Å². The fourth-order valence-corrected chi connectivity index (χ4v) is 5.80. The van der Waals surface area contributed by atoms with Crippen molar-refractivity contribution < 1.29 is 4.79 Å². The smallest absolute Gasteiger partial charge is 0.285 e. The Morgan fingerprint density at radius 2 is 1.55 bits per heavy atom. The van der Waals surface area contributed by atoms with Crippen molar-refractivity contribution >= 4 is 46.4 Å². The number of nitrogens with one attached hydrogen (secondary N) is 2. The summed E-state index contributed by atoms with van der Waals surface area (Å²) in [6.07, 6.45) is 3.11. The Hall–Kier alpha value is -2.32. The molecule has 2 aliphatic rings. The highest BCUT2D eigenvalue weighted by Gasteiger charge is 2.45. The molecule has 6 nitrogen and oxygen atoms in total. The number of carbonyl (C=O) groups excluding carboxylic acids is 1. The molecule has 1 amide bonds. The maximum atomic E-state index is 12.7. The van der Waals surface area contributed by atoms with E-state index in [2.05, 4.69) is 44.6 Å². The van der Waals surface area contributed by atoms with Gasteiger partial charge in [0.25, 0.3) is 5.91 Å². The zero-order valence-corrected chi connectivity index (χ0v) is 20.3. The second kappa shape index (κ2) is 9.50. The molecule has 4 unspecified atom stereocenters. The van der Waals surface area contributed by atoms with Crippen LogP contribution < -0.4 is 10.7 Å². The molecule has 3 aromatic rings. The Morgan fingerprint density at radius 3 is 2.03 bits per heavy atom. The molecule has 2 bridgehead atoms. The van der Waals surface area contributed by atoms with E-state index in [0.717, 1.165) is 47.6 Å². The number of hydrogen-bond donors (Lipinski definition) is 2. The third-order valence-electron chi connectivity index (χ3n) is 6.56. The highest BCUT2D eigenvalue weighted by molar-refractivity contribution is 7.08. The van der Waals surface area contributed by atoms with Gasteiger partial charge >= 0.3 is 0 Å². The van der Waals surface area contributed by atoms with Gasteiger partial charge < -0.3 is 5.32 Å². The highest BCUT2D eigenvalue weighted by Crippen LogP contribution is 2.46. The van der Waals surface area contributed by atoms with E-state index >= 15 is 0 Å². The van der Waals surface area contributed by atoms with Crippen molar-refractivity contribution in [2.45, 2.75) is 38.3 Å². The number of carbonyl (C=O) groups is 1. The summed E-state index contributed by atoms with van der Waals surface area (Å²) >= 11 is 13.4. The predicted octanol–water partition coefficient (Wildman–Crippen LogP) is 5.74. The maximum Gasteiger partial charge on any atom is 0.285 e. The number of hydrogen-bond acceptors (Lipinski definition) is 6. The van der Waals surface area contributed by atoms with Gasteiger partial charge in [-0.1, -0.05) is 58.4 Å². The molecule has 1 aliphatic carbocycles. The first-order valence-corrected chi connectivity index (χ1v) is 12.5. The molecular formula is C24H23Cl2N5OS. The minimum atomic E-state index is -0.266. The van der Waals surface area contributed by atoms with E-state index in [-0.39, 0.29) is 29.8 Å². The van der Waals surface area contributed by atoms with Crippen molar-refractivity contribution in [1.82, 2.24) is 20.3 Å².